The van der Waals surface area contributed by atoms with Gasteiger partial charge in [0.1, 0.15) is 12.1 Å². The molecule has 47 heavy (non-hydrogen) atoms. The van der Waals surface area contributed by atoms with Crippen LogP contribution in [0.2, 0.25) is 5.02 Å². The molecule has 3 amide bonds. The summed E-state index contributed by atoms with van der Waals surface area (Å²) in [7, 11) is 0. The van der Waals surface area contributed by atoms with Gasteiger partial charge >= 0.3 is 0 Å². The first-order valence-corrected chi connectivity index (χ1v) is 16.6. The topological polar surface area (TPSA) is 116 Å². The molecule has 9 heteroatoms. The van der Waals surface area contributed by atoms with Gasteiger partial charge in [-0.1, -0.05) is 103 Å². The first-order chi connectivity index (χ1) is 22.7. The minimum absolute atomic E-state index is 0.0774. The molecule has 1 saturated heterocycles. The molecule has 1 aliphatic heterocycles. The van der Waals surface area contributed by atoms with Gasteiger partial charge in [-0.25, -0.2) is 0 Å². The van der Waals surface area contributed by atoms with Crippen LogP contribution in [0.1, 0.15) is 55.5 Å². The van der Waals surface area contributed by atoms with E-state index in [1.807, 2.05) is 86.6 Å². The van der Waals surface area contributed by atoms with Crippen LogP contribution >= 0.6 is 11.6 Å². The third kappa shape index (κ3) is 8.01. The number of benzene rings is 4. The van der Waals surface area contributed by atoms with Gasteiger partial charge in [0.25, 0.3) is 5.91 Å². The molecular weight excluding hydrogens is 612 g/mol. The largest absolute Gasteiger partial charge is 0.388 e. The molecular formula is C38H43ClN4O4. The minimum atomic E-state index is -0.980. The molecule has 0 radical (unpaired) electrons. The van der Waals surface area contributed by atoms with Gasteiger partial charge in [0.2, 0.25) is 11.8 Å². The van der Waals surface area contributed by atoms with Crippen LogP contribution in [0.5, 0.6) is 0 Å². The molecule has 1 aliphatic rings. The summed E-state index contributed by atoms with van der Waals surface area (Å²) >= 11 is 6.40. The smallest absolute Gasteiger partial charge is 0.250 e. The van der Waals surface area contributed by atoms with E-state index in [9.17, 15) is 19.5 Å². The lowest BCUT2D eigenvalue weighted by Crippen LogP contribution is -2.52. The summed E-state index contributed by atoms with van der Waals surface area (Å²) in [5.41, 5.74) is 8.36. The van der Waals surface area contributed by atoms with E-state index in [1.54, 1.807) is 34.1 Å². The molecule has 5 rings (SSSR count). The summed E-state index contributed by atoms with van der Waals surface area (Å²) < 4.78 is 0. The van der Waals surface area contributed by atoms with Gasteiger partial charge in [0, 0.05) is 43.5 Å². The standard InChI is InChI=1S/C38H43ClN4O4/c1-25(36(45)28-11-4-3-5-12-28)24-41-20-18-34(44)43-26(2)19-21-42(38(47)35(43)30-15-9-16-31(39)22-30)33(37(40)46)23-29-14-8-13-27-10-6-7-17-32(27)29/h3-17,22,25-26,33,35-36,41,45H,18-21,23-24H2,1-2H3,(H2,40,46)/t25-,26?,33+,35?,36+/m0/s1. The third-order valence-electron chi connectivity index (χ3n) is 9.17. The first-order valence-electron chi connectivity index (χ1n) is 16.2. The van der Waals surface area contributed by atoms with Crippen LogP contribution in [0.3, 0.4) is 0 Å². The average molecular weight is 655 g/mol. The Labute approximate surface area is 281 Å². The van der Waals surface area contributed by atoms with Gasteiger partial charge < -0.3 is 26.0 Å². The lowest BCUT2D eigenvalue weighted by molar-refractivity contribution is -0.148. The van der Waals surface area contributed by atoms with E-state index in [1.165, 1.54) is 0 Å². The molecule has 246 valence electrons. The van der Waals surface area contributed by atoms with Crippen LogP contribution in [0, 0.1) is 5.92 Å². The second kappa shape index (κ2) is 15.6. The van der Waals surface area contributed by atoms with E-state index < -0.39 is 24.1 Å². The van der Waals surface area contributed by atoms with E-state index in [4.69, 9.17) is 17.3 Å². The second-order valence-electron chi connectivity index (χ2n) is 12.5. The van der Waals surface area contributed by atoms with Gasteiger partial charge in [0.05, 0.1) is 6.10 Å². The fourth-order valence-electron chi connectivity index (χ4n) is 6.57. The number of carbonyl (C=O) groups is 3. The monoisotopic (exact) mass is 654 g/mol. The van der Waals surface area contributed by atoms with E-state index in [0.29, 0.717) is 30.1 Å². The Morgan fingerprint density at radius 3 is 2.45 bits per heavy atom. The van der Waals surface area contributed by atoms with Gasteiger partial charge in [-0.15, -0.1) is 0 Å². The maximum atomic E-state index is 14.6. The molecule has 1 heterocycles. The minimum Gasteiger partial charge on any atom is -0.388 e. The number of amides is 3. The lowest BCUT2D eigenvalue weighted by atomic mass is 9.96. The third-order valence-corrected chi connectivity index (χ3v) is 9.41. The zero-order chi connectivity index (χ0) is 33.5. The molecule has 0 aliphatic carbocycles. The average Bonchev–Trinajstić information content (AvgIpc) is 3.20. The highest BCUT2D eigenvalue weighted by Gasteiger charge is 2.43. The van der Waals surface area contributed by atoms with E-state index in [0.717, 1.165) is 21.9 Å². The van der Waals surface area contributed by atoms with Crippen molar-refractivity contribution in [3.63, 3.8) is 0 Å². The SMILES string of the molecule is CC1CCN([C@H](Cc2cccc3ccccc23)C(N)=O)C(=O)C(c2cccc(Cl)c2)N1C(=O)CCNC[C@H](C)[C@@H](O)c1ccccc1. The Hall–Kier alpha value is -4.24. The molecule has 2 unspecified atom stereocenters. The number of nitrogens with one attached hydrogen (secondary N) is 1. The highest BCUT2D eigenvalue weighted by atomic mass is 35.5. The summed E-state index contributed by atoms with van der Waals surface area (Å²) in [6.45, 7) is 5.05. The number of fused-ring (bicyclic) bond motifs is 1. The van der Waals surface area contributed by atoms with Crippen molar-refractivity contribution in [2.24, 2.45) is 11.7 Å². The number of hydrogen-bond donors (Lipinski definition) is 3. The van der Waals surface area contributed by atoms with Crippen molar-refractivity contribution in [1.29, 1.82) is 0 Å². The number of aliphatic hydroxyl groups excluding tert-OH is 1. The molecule has 4 aromatic rings. The van der Waals surface area contributed by atoms with Crippen LogP contribution in [0.25, 0.3) is 10.8 Å². The number of primary amides is 1. The molecule has 4 aromatic carbocycles. The van der Waals surface area contributed by atoms with Crippen molar-refractivity contribution in [2.45, 2.75) is 57.3 Å². The van der Waals surface area contributed by atoms with Crippen LogP contribution in [-0.2, 0) is 20.8 Å². The normalized spacial score (nSPS) is 18.9. The predicted octanol–water partition coefficient (Wildman–Crippen LogP) is 5.43. The predicted molar refractivity (Wildman–Crippen MR) is 186 cm³/mol. The molecule has 0 aromatic heterocycles. The number of nitrogens with zero attached hydrogens (tertiary/aromatic N) is 2. The summed E-state index contributed by atoms with van der Waals surface area (Å²) in [5, 5.41) is 16.5. The van der Waals surface area contributed by atoms with Crippen molar-refractivity contribution < 1.29 is 19.5 Å². The summed E-state index contributed by atoms with van der Waals surface area (Å²) in [6.07, 6.45) is 0.247. The summed E-state index contributed by atoms with van der Waals surface area (Å²) in [4.78, 5) is 44.8. The van der Waals surface area contributed by atoms with Gasteiger partial charge in [-0.05, 0) is 58.9 Å². The van der Waals surface area contributed by atoms with E-state index in [2.05, 4.69) is 5.32 Å². The van der Waals surface area contributed by atoms with E-state index >= 15 is 0 Å². The van der Waals surface area contributed by atoms with Crippen LogP contribution in [0.15, 0.2) is 97.1 Å². The maximum absolute atomic E-state index is 14.6. The van der Waals surface area contributed by atoms with Crippen LogP contribution < -0.4 is 11.1 Å². The lowest BCUT2D eigenvalue weighted by Gasteiger charge is -2.36. The Bertz CT molecular complexity index is 1690. The number of carbonyl (C=O) groups excluding carboxylic acids is 3. The van der Waals surface area contributed by atoms with Crippen molar-refractivity contribution in [1.82, 2.24) is 15.1 Å². The molecule has 0 spiro atoms. The number of hydrogen-bond acceptors (Lipinski definition) is 5. The zero-order valence-corrected chi connectivity index (χ0v) is 27.6. The first kappa shape index (κ1) is 34.1. The molecule has 5 atom stereocenters. The Kier molecular flexibility index (Phi) is 11.3. The number of nitrogens with two attached hydrogens (primary N) is 1. The zero-order valence-electron chi connectivity index (χ0n) is 26.9. The molecule has 8 nitrogen and oxygen atoms in total. The molecule has 0 bridgehead atoms. The van der Waals surface area contributed by atoms with Gasteiger partial charge in [0.15, 0.2) is 0 Å². The van der Waals surface area contributed by atoms with Crippen LogP contribution in [-0.4, -0.2) is 64.3 Å². The Balaban J connectivity index is 1.36. The van der Waals surface area contributed by atoms with Crippen molar-refractivity contribution in [2.75, 3.05) is 19.6 Å². The van der Waals surface area contributed by atoms with Gasteiger partial charge in [-0.3, -0.25) is 14.4 Å². The summed E-state index contributed by atoms with van der Waals surface area (Å²) in [6, 6.07) is 28.1. The molecule has 4 N–H and O–H groups in total. The van der Waals surface area contributed by atoms with E-state index in [-0.39, 0.29) is 43.2 Å². The maximum Gasteiger partial charge on any atom is 0.250 e. The van der Waals surface area contributed by atoms with Crippen molar-refractivity contribution in [3.05, 3.63) is 119 Å². The quantitative estimate of drug-likeness (QED) is 0.176. The highest BCUT2D eigenvalue weighted by molar-refractivity contribution is 6.30. The summed E-state index contributed by atoms with van der Waals surface area (Å²) in [5.74, 6) is -1.22. The van der Waals surface area contributed by atoms with Gasteiger partial charge in [-0.2, -0.15) is 0 Å². The number of rotatable bonds is 12. The number of aliphatic hydroxyl groups is 1. The van der Waals surface area contributed by atoms with Crippen LogP contribution in [0.4, 0.5) is 0 Å². The van der Waals surface area contributed by atoms with Crippen molar-refractivity contribution >= 4 is 40.1 Å². The highest BCUT2D eigenvalue weighted by Crippen LogP contribution is 2.33. The number of halogens is 1. The molecule has 1 fully saturated rings. The fourth-order valence-corrected chi connectivity index (χ4v) is 6.77. The fraction of sp³-hybridized carbons (Fsp3) is 0.342. The Morgan fingerprint density at radius 1 is 1.00 bits per heavy atom. The van der Waals surface area contributed by atoms with Crippen molar-refractivity contribution in [3.8, 4) is 0 Å². The molecule has 0 saturated carbocycles. The second-order valence-corrected chi connectivity index (χ2v) is 12.9. The Morgan fingerprint density at radius 2 is 1.70 bits per heavy atom.